The van der Waals surface area contributed by atoms with Crippen LogP contribution >= 0.6 is 0 Å². The van der Waals surface area contributed by atoms with Crippen molar-refractivity contribution in [1.29, 1.82) is 0 Å². The summed E-state index contributed by atoms with van der Waals surface area (Å²) < 4.78 is 12.6. The number of aliphatic hydroxyl groups is 1. The van der Waals surface area contributed by atoms with E-state index in [0.29, 0.717) is 0 Å². The van der Waals surface area contributed by atoms with Crippen molar-refractivity contribution in [2.75, 3.05) is 0 Å². The van der Waals surface area contributed by atoms with Crippen LogP contribution in [0.3, 0.4) is 0 Å². The van der Waals surface area contributed by atoms with E-state index >= 15 is 0 Å². The van der Waals surface area contributed by atoms with Crippen LogP contribution in [0.5, 0.6) is 5.75 Å². The van der Waals surface area contributed by atoms with Crippen LogP contribution in [-0.4, -0.2) is 10.2 Å². The van der Waals surface area contributed by atoms with Crippen molar-refractivity contribution in [1.82, 2.24) is 0 Å². The molecule has 3 heteroatoms. The Morgan fingerprint density at radius 1 is 1.50 bits per heavy atom. The maximum absolute atomic E-state index is 12.6. The van der Waals surface area contributed by atoms with Gasteiger partial charge in [0.05, 0.1) is 0 Å². The van der Waals surface area contributed by atoms with E-state index in [4.69, 9.17) is 5.11 Å². The Hall–Kier alpha value is -1.35. The van der Waals surface area contributed by atoms with Crippen molar-refractivity contribution in [3.8, 4) is 5.75 Å². The number of benzene rings is 1. The molecule has 1 atom stereocenters. The van der Waals surface area contributed by atoms with Gasteiger partial charge in [0, 0.05) is 5.56 Å². The first-order chi connectivity index (χ1) is 5.65. The highest BCUT2D eigenvalue weighted by Gasteiger charge is 2.08. The van der Waals surface area contributed by atoms with Crippen molar-refractivity contribution >= 4 is 0 Å². The van der Waals surface area contributed by atoms with Crippen molar-refractivity contribution < 1.29 is 14.6 Å². The molecule has 64 valence electrons. The van der Waals surface area contributed by atoms with E-state index in [2.05, 4.69) is 6.58 Å². The second kappa shape index (κ2) is 3.36. The molecule has 1 aromatic carbocycles. The van der Waals surface area contributed by atoms with Crippen molar-refractivity contribution in [3.63, 3.8) is 0 Å². The first-order valence-electron chi connectivity index (χ1n) is 3.44. The fraction of sp³-hybridized carbons (Fsp3) is 0.111. The summed E-state index contributed by atoms with van der Waals surface area (Å²) in [5.74, 6) is -0.632. The fourth-order valence-electron chi connectivity index (χ4n) is 0.889. The molecule has 0 saturated heterocycles. The number of phenols is 1. The molecule has 2 nitrogen and oxygen atoms in total. The third-order valence-electron chi connectivity index (χ3n) is 1.53. The molecule has 0 aromatic heterocycles. The second-order valence-corrected chi connectivity index (χ2v) is 2.38. The summed E-state index contributed by atoms with van der Waals surface area (Å²) in [6.07, 6.45) is 0.190. The number of halogens is 1. The van der Waals surface area contributed by atoms with Gasteiger partial charge in [-0.25, -0.2) is 4.39 Å². The molecule has 0 amide bonds. The molecule has 0 bridgehead atoms. The lowest BCUT2D eigenvalue weighted by Crippen LogP contribution is -1.93. The zero-order chi connectivity index (χ0) is 9.14. The van der Waals surface area contributed by atoms with E-state index in [1.165, 1.54) is 12.1 Å². The summed E-state index contributed by atoms with van der Waals surface area (Å²) >= 11 is 0. The summed E-state index contributed by atoms with van der Waals surface area (Å²) in [7, 11) is 0. The molecular weight excluding hydrogens is 159 g/mol. The zero-order valence-corrected chi connectivity index (χ0v) is 6.37. The molecule has 0 saturated carbocycles. The first kappa shape index (κ1) is 8.74. The molecule has 12 heavy (non-hydrogen) atoms. The largest absolute Gasteiger partial charge is 0.508 e. The van der Waals surface area contributed by atoms with Crippen LogP contribution in [0.2, 0.25) is 0 Å². The topological polar surface area (TPSA) is 40.5 Å². The van der Waals surface area contributed by atoms with E-state index in [9.17, 15) is 9.50 Å². The van der Waals surface area contributed by atoms with Crippen LogP contribution in [0, 0.1) is 5.82 Å². The van der Waals surface area contributed by atoms with E-state index in [1.807, 2.05) is 0 Å². The Bertz CT molecular complexity index is 297. The first-order valence-corrected chi connectivity index (χ1v) is 3.44. The minimum atomic E-state index is -1.03. The molecule has 1 aromatic rings. The summed E-state index contributed by atoms with van der Waals surface area (Å²) in [5.41, 5.74) is 0.130. The molecule has 0 radical (unpaired) electrons. The van der Waals surface area contributed by atoms with Crippen LogP contribution in [0.25, 0.3) is 0 Å². The lowest BCUT2D eigenvalue weighted by Gasteiger charge is -2.07. The molecule has 0 aliphatic carbocycles. The summed E-state index contributed by atoms with van der Waals surface area (Å²) in [6.45, 7) is 3.32. The third-order valence-corrected chi connectivity index (χ3v) is 1.53. The lowest BCUT2D eigenvalue weighted by atomic mass is 10.1. The molecule has 0 aliphatic heterocycles. The van der Waals surface area contributed by atoms with Gasteiger partial charge in [-0.2, -0.15) is 0 Å². The smallest absolute Gasteiger partial charge is 0.123 e. The second-order valence-electron chi connectivity index (χ2n) is 2.38. The lowest BCUT2D eigenvalue weighted by molar-refractivity contribution is 0.223. The molecule has 2 N–H and O–H groups in total. The normalized spacial score (nSPS) is 12.5. The fourth-order valence-corrected chi connectivity index (χ4v) is 0.889. The number of aromatic hydroxyl groups is 1. The standard InChI is InChI=1S/C9H9FO2/c1-2-8(11)7-5-6(10)3-4-9(7)12/h2-5,8,11-12H,1H2. The molecule has 0 heterocycles. The van der Waals surface area contributed by atoms with Crippen LogP contribution in [0.4, 0.5) is 4.39 Å². The average Bonchev–Trinajstić information content (AvgIpc) is 2.08. The van der Waals surface area contributed by atoms with E-state index in [0.717, 1.165) is 12.1 Å². The highest BCUT2D eigenvalue weighted by atomic mass is 19.1. The monoisotopic (exact) mass is 168 g/mol. The maximum Gasteiger partial charge on any atom is 0.123 e. The molecule has 0 spiro atoms. The predicted molar refractivity (Wildman–Crippen MR) is 43.2 cm³/mol. The summed E-state index contributed by atoms with van der Waals surface area (Å²) in [6, 6.07) is 3.38. The molecule has 1 unspecified atom stereocenters. The van der Waals surface area contributed by atoms with Gasteiger partial charge in [-0.1, -0.05) is 6.08 Å². The van der Waals surface area contributed by atoms with Gasteiger partial charge in [-0.05, 0) is 18.2 Å². The van der Waals surface area contributed by atoms with Crippen LogP contribution in [-0.2, 0) is 0 Å². The van der Waals surface area contributed by atoms with Crippen LogP contribution in [0.1, 0.15) is 11.7 Å². The van der Waals surface area contributed by atoms with Crippen molar-refractivity contribution in [2.24, 2.45) is 0 Å². The van der Waals surface area contributed by atoms with Crippen molar-refractivity contribution in [3.05, 3.63) is 42.2 Å². The van der Waals surface area contributed by atoms with Gasteiger partial charge in [0.2, 0.25) is 0 Å². The van der Waals surface area contributed by atoms with Gasteiger partial charge in [-0.15, -0.1) is 6.58 Å². The quantitative estimate of drug-likeness (QED) is 0.660. The van der Waals surface area contributed by atoms with Gasteiger partial charge < -0.3 is 10.2 Å². The third kappa shape index (κ3) is 1.62. The van der Waals surface area contributed by atoms with E-state index in [-0.39, 0.29) is 11.3 Å². The number of rotatable bonds is 2. The Labute approximate surface area is 69.6 Å². The van der Waals surface area contributed by atoms with Gasteiger partial charge in [0.25, 0.3) is 0 Å². The number of hydrogen-bond acceptors (Lipinski definition) is 2. The number of phenolic OH excluding ortho intramolecular Hbond substituents is 1. The highest BCUT2D eigenvalue weighted by Crippen LogP contribution is 2.25. The van der Waals surface area contributed by atoms with Crippen LogP contribution < -0.4 is 0 Å². The van der Waals surface area contributed by atoms with Gasteiger partial charge in [0.1, 0.15) is 17.7 Å². The molecule has 0 fully saturated rings. The summed E-state index contributed by atoms with van der Waals surface area (Å²) in [4.78, 5) is 0. The number of hydrogen-bond donors (Lipinski definition) is 2. The van der Waals surface area contributed by atoms with E-state index in [1.54, 1.807) is 0 Å². The average molecular weight is 168 g/mol. The minimum absolute atomic E-state index is 0.130. The Morgan fingerprint density at radius 2 is 2.17 bits per heavy atom. The van der Waals surface area contributed by atoms with Crippen LogP contribution in [0.15, 0.2) is 30.9 Å². The van der Waals surface area contributed by atoms with Gasteiger partial charge in [-0.3, -0.25) is 0 Å². The SMILES string of the molecule is C=CC(O)c1cc(F)ccc1O. The minimum Gasteiger partial charge on any atom is -0.508 e. The predicted octanol–water partition coefficient (Wildman–Crippen LogP) is 1.75. The highest BCUT2D eigenvalue weighted by molar-refractivity contribution is 5.35. The van der Waals surface area contributed by atoms with E-state index < -0.39 is 11.9 Å². The summed E-state index contributed by atoms with van der Waals surface area (Å²) in [5, 5.41) is 18.4. The zero-order valence-electron chi connectivity index (χ0n) is 6.37. The van der Waals surface area contributed by atoms with Gasteiger partial charge >= 0.3 is 0 Å². The Morgan fingerprint density at radius 3 is 2.75 bits per heavy atom. The maximum atomic E-state index is 12.6. The number of aliphatic hydroxyl groups excluding tert-OH is 1. The molecule has 1 rings (SSSR count). The van der Waals surface area contributed by atoms with Crippen molar-refractivity contribution in [2.45, 2.75) is 6.10 Å². The van der Waals surface area contributed by atoms with Gasteiger partial charge in [0.15, 0.2) is 0 Å². The molecular formula is C9H9FO2. The molecule has 0 aliphatic rings. The Balaban J connectivity index is 3.12. The Kier molecular flexibility index (Phi) is 2.45.